The molecule has 1 aliphatic rings. The minimum absolute atomic E-state index is 0.255. The third-order valence-corrected chi connectivity index (χ3v) is 4.65. The van der Waals surface area contributed by atoms with Gasteiger partial charge in [0.2, 0.25) is 0 Å². The molecule has 0 heterocycles. The second-order valence-corrected chi connectivity index (χ2v) is 6.54. The summed E-state index contributed by atoms with van der Waals surface area (Å²) < 4.78 is 12.8. The first-order valence-corrected chi connectivity index (χ1v) is 8.29. The summed E-state index contributed by atoms with van der Waals surface area (Å²) in [6.07, 6.45) is 6.63. The SMILES string of the molecule is CC1CCC(CNCCCC(O)c2ccc(F)cc2)CC1. The summed E-state index contributed by atoms with van der Waals surface area (Å²) in [4.78, 5) is 0. The van der Waals surface area contributed by atoms with Gasteiger partial charge in [-0.1, -0.05) is 31.9 Å². The largest absolute Gasteiger partial charge is 0.388 e. The zero-order valence-corrected chi connectivity index (χ0v) is 13.0. The Morgan fingerprint density at radius 3 is 2.52 bits per heavy atom. The van der Waals surface area contributed by atoms with E-state index in [1.807, 2.05) is 0 Å². The standard InChI is InChI=1S/C18H28FNO/c1-14-4-6-15(7-5-14)13-20-12-2-3-18(21)16-8-10-17(19)11-9-16/h8-11,14-15,18,20-21H,2-7,12-13H2,1H3. The lowest BCUT2D eigenvalue weighted by Gasteiger charge is -2.26. The van der Waals surface area contributed by atoms with E-state index in [2.05, 4.69) is 12.2 Å². The molecule has 1 aromatic carbocycles. The fourth-order valence-electron chi connectivity index (χ4n) is 3.11. The normalized spacial score (nSPS) is 24.0. The van der Waals surface area contributed by atoms with Crippen LogP contribution in [-0.4, -0.2) is 18.2 Å². The molecule has 1 unspecified atom stereocenters. The van der Waals surface area contributed by atoms with Crippen LogP contribution in [0.2, 0.25) is 0 Å². The van der Waals surface area contributed by atoms with Crippen molar-refractivity contribution in [3.8, 4) is 0 Å². The van der Waals surface area contributed by atoms with E-state index in [1.54, 1.807) is 12.1 Å². The molecule has 1 saturated carbocycles. The Morgan fingerprint density at radius 2 is 1.86 bits per heavy atom. The zero-order chi connectivity index (χ0) is 15.1. The molecule has 21 heavy (non-hydrogen) atoms. The predicted octanol–water partition coefficient (Wildman–Crippen LogP) is 4.06. The minimum atomic E-state index is -0.483. The lowest BCUT2D eigenvalue weighted by molar-refractivity contribution is 0.164. The fourth-order valence-corrected chi connectivity index (χ4v) is 3.11. The zero-order valence-electron chi connectivity index (χ0n) is 13.0. The van der Waals surface area contributed by atoms with E-state index >= 15 is 0 Å². The molecule has 0 radical (unpaired) electrons. The maximum atomic E-state index is 12.8. The van der Waals surface area contributed by atoms with Gasteiger partial charge in [-0.25, -0.2) is 4.39 Å². The van der Waals surface area contributed by atoms with Gasteiger partial charge in [-0.15, -0.1) is 0 Å². The Hall–Kier alpha value is -0.930. The molecule has 0 saturated heterocycles. The van der Waals surface area contributed by atoms with Crippen LogP contribution in [0.5, 0.6) is 0 Å². The Kier molecular flexibility index (Phi) is 6.65. The van der Waals surface area contributed by atoms with Gasteiger partial charge < -0.3 is 10.4 Å². The predicted molar refractivity (Wildman–Crippen MR) is 84.6 cm³/mol. The molecule has 2 nitrogen and oxygen atoms in total. The quantitative estimate of drug-likeness (QED) is 0.743. The summed E-state index contributed by atoms with van der Waals surface area (Å²) in [5.41, 5.74) is 0.803. The second kappa shape index (κ2) is 8.50. The van der Waals surface area contributed by atoms with Crippen molar-refractivity contribution in [3.63, 3.8) is 0 Å². The first-order chi connectivity index (χ1) is 10.1. The lowest BCUT2D eigenvalue weighted by Crippen LogP contribution is -2.27. The van der Waals surface area contributed by atoms with Crippen LogP contribution in [0, 0.1) is 17.7 Å². The van der Waals surface area contributed by atoms with Crippen LogP contribution in [0.3, 0.4) is 0 Å². The lowest BCUT2D eigenvalue weighted by atomic mass is 9.83. The average molecular weight is 293 g/mol. The summed E-state index contributed by atoms with van der Waals surface area (Å²) in [6.45, 7) is 4.41. The number of aliphatic hydroxyl groups is 1. The molecule has 0 aromatic heterocycles. The number of hydrogen-bond donors (Lipinski definition) is 2. The fraction of sp³-hybridized carbons (Fsp3) is 0.667. The van der Waals surface area contributed by atoms with Crippen molar-refractivity contribution in [2.45, 2.75) is 51.6 Å². The number of hydrogen-bond acceptors (Lipinski definition) is 2. The first-order valence-electron chi connectivity index (χ1n) is 8.29. The number of aliphatic hydroxyl groups excluding tert-OH is 1. The van der Waals surface area contributed by atoms with Gasteiger partial charge in [-0.05, 0) is 68.3 Å². The second-order valence-electron chi connectivity index (χ2n) is 6.54. The summed E-state index contributed by atoms with van der Waals surface area (Å²) in [6, 6.07) is 6.13. The van der Waals surface area contributed by atoms with E-state index < -0.39 is 6.10 Å². The van der Waals surface area contributed by atoms with Gasteiger partial charge in [0.1, 0.15) is 5.82 Å². The molecule has 1 fully saturated rings. The van der Waals surface area contributed by atoms with Crippen LogP contribution in [0.15, 0.2) is 24.3 Å². The monoisotopic (exact) mass is 293 g/mol. The molecule has 1 aromatic rings. The van der Waals surface area contributed by atoms with Gasteiger partial charge in [0, 0.05) is 0 Å². The highest BCUT2D eigenvalue weighted by atomic mass is 19.1. The average Bonchev–Trinajstić information content (AvgIpc) is 2.49. The van der Waals surface area contributed by atoms with Gasteiger partial charge in [-0.2, -0.15) is 0 Å². The van der Waals surface area contributed by atoms with Gasteiger partial charge in [0.25, 0.3) is 0 Å². The third kappa shape index (κ3) is 5.76. The minimum Gasteiger partial charge on any atom is -0.388 e. The summed E-state index contributed by atoms with van der Waals surface area (Å²) in [7, 11) is 0. The molecule has 0 bridgehead atoms. The van der Waals surface area contributed by atoms with Gasteiger partial charge >= 0.3 is 0 Å². The van der Waals surface area contributed by atoms with Crippen molar-refractivity contribution in [2.75, 3.05) is 13.1 Å². The third-order valence-electron chi connectivity index (χ3n) is 4.65. The molecular weight excluding hydrogens is 265 g/mol. The van der Waals surface area contributed by atoms with Crippen molar-refractivity contribution in [2.24, 2.45) is 11.8 Å². The summed E-state index contributed by atoms with van der Waals surface area (Å²) in [5, 5.41) is 13.6. The van der Waals surface area contributed by atoms with Crippen LogP contribution in [0.4, 0.5) is 4.39 Å². The van der Waals surface area contributed by atoms with Crippen LogP contribution in [0.25, 0.3) is 0 Å². The first kappa shape index (κ1) is 16.4. The van der Waals surface area contributed by atoms with Crippen molar-refractivity contribution in [1.82, 2.24) is 5.32 Å². The maximum Gasteiger partial charge on any atom is 0.123 e. The van der Waals surface area contributed by atoms with Crippen LogP contribution in [-0.2, 0) is 0 Å². The molecule has 2 rings (SSSR count). The number of benzene rings is 1. The Labute approximate surface area is 127 Å². The smallest absolute Gasteiger partial charge is 0.123 e. The molecule has 1 aliphatic carbocycles. The molecule has 118 valence electrons. The van der Waals surface area contributed by atoms with Crippen molar-refractivity contribution in [1.29, 1.82) is 0 Å². The molecular formula is C18H28FNO. The van der Waals surface area contributed by atoms with E-state index in [0.717, 1.165) is 43.3 Å². The summed E-state index contributed by atoms with van der Waals surface area (Å²) in [5.74, 6) is 1.49. The van der Waals surface area contributed by atoms with Crippen LogP contribution in [0.1, 0.15) is 57.1 Å². The highest BCUT2D eigenvalue weighted by molar-refractivity contribution is 5.18. The van der Waals surface area contributed by atoms with Gasteiger partial charge in [-0.3, -0.25) is 0 Å². The van der Waals surface area contributed by atoms with E-state index in [-0.39, 0.29) is 5.82 Å². The van der Waals surface area contributed by atoms with E-state index in [1.165, 1.54) is 37.8 Å². The molecule has 2 N–H and O–H groups in total. The van der Waals surface area contributed by atoms with E-state index in [0.29, 0.717) is 0 Å². The van der Waals surface area contributed by atoms with Crippen molar-refractivity contribution in [3.05, 3.63) is 35.6 Å². The van der Waals surface area contributed by atoms with Gasteiger partial charge in [0.05, 0.1) is 6.10 Å². The Morgan fingerprint density at radius 1 is 1.19 bits per heavy atom. The van der Waals surface area contributed by atoms with E-state index in [4.69, 9.17) is 0 Å². The molecule has 3 heteroatoms. The topological polar surface area (TPSA) is 32.3 Å². The number of halogens is 1. The molecule has 1 atom stereocenters. The molecule has 0 amide bonds. The Bertz CT molecular complexity index is 398. The van der Waals surface area contributed by atoms with Crippen molar-refractivity contribution >= 4 is 0 Å². The Balaban J connectivity index is 1.56. The number of nitrogens with one attached hydrogen (secondary N) is 1. The van der Waals surface area contributed by atoms with Gasteiger partial charge in [0.15, 0.2) is 0 Å². The summed E-state index contributed by atoms with van der Waals surface area (Å²) >= 11 is 0. The molecule has 0 aliphatic heterocycles. The van der Waals surface area contributed by atoms with Crippen molar-refractivity contribution < 1.29 is 9.50 Å². The molecule has 0 spiro atoms. The van der Waals surface area contributed by atoms with E-state index in [9.17, 15) is 9.50 Å². The highest BCUT2D eigenvalue weighted by Gasteiger charge is 2.17. The van der Waals surface area contributed by atoms with Crippen LogP contribution < -0.4 is 5.32 Å². The maximum absolute atomic E-state index is 12.8. The van der Waals surface area contributed by atoms with Crippen LogP contribution >= 0.6 is 0 Å². The number of rotatable bonds is 7. The highest BCUT2D eigenvalue weighted by Crippen LogP contribution is 2.27.